The van der Waals surface area contributed by atoms with Gasteiger partial charge in [-0.15, -0.1) is 39.3 Å². The van der Waals surface area contributed by atoms with Crippen molar-refractivity contribution >= 4 is 38.5 Å². The first-order valence-corrected chi connectivity index (χ1v) is 17.4. The largest absolute Gasteiger partial charge is 0.512 e. The fourth-order valence-electron chi connectivity index (χ4n) is 6.41. The van der Waals surface area contributed by atoms with E-state index in [0.29, 0.717) is 33.9 Å². The number of fused-ring (bicyclic) bond motifs is 4. The number of nitrogens with zero attached hydrogens (tertiary/aromatic N) is 4. The zero-order chi connectivity index (χ0) is 36.2. The summed E-state index contributed by atoms with van der Waals surface area (Å²) in [6, 6.07) is 21.9. The first-order chi connectivity index (χ1) is 23.9. The van der Waals surface area contributed by atoms with Crippen molar-refractivity contribution in [2.24, 2.45) is 11.8 Å². The van der Waals surface area contributed by atoms with E-state index in [1.54, 1.807) is 13.1 Å². The molecule has 3 aromatic heterocycles. The minimum Gasteiger partial charge on any atom is -0.512 e. The van der Waals surface area contributed by atoms with Gasteiger partial charge in [0.1, 0.15) is 17.2 Å². The Kier molecular flexibility index (Phi) is 12.7. The summed E-state index contributed by atoms with van der Waals surface area (Å²) in [7, 11) is 0. The SMILES string of the molecule is CCC(CC)C(=O)/C=C(\O)C(CC)CC.Cc1nnc(-c2ccc3c(oc4c(-c5[c-]c6ccccc6c(C(C)(C)C)c5)nccc43)c2C#N)o1.[Ir]. The van der Waals surface area contributed by atoms with Gasteiger partial charge in [-0.2, -0.15) is 5.26 Å². The molecule has 1 radical (unpaired) electrons. The molecule has 6 aromatic rings. The number of hydrogen-bond donors (Lipinski definition) is 1. The number of aryl methyl sites for hydroxylation is 1. The number of allylic oxidation sites excluding steroid dienone is 2. The molecule has 8 nitrogen and oxygen atoms in total. The number of ketones is 1. The Hall–Kier alpha value is -4.64. The molecule has 0 saturated heterocycles. The maximum Gasteiger partial charge on any atom is 0.249 e. The van der Waals surface area contributed by atoms with Crippen molar-refractivity contribution in [2.45, 2.75) is 86.5 Å². The van der Waals surface area contributed by atoms with E-state index in [-0.39, 0.29) is 54.8 Å². The van der Waals surface area contributed by atoms with Crippen LogP contribution in [-0.4, -0.2) is 26.1 Å². The Morgan fingerprint density at radius 1 is 0.922 bits per heavy atom. The number of aliphatic hydroxyl groups excluding tert-OH is 1. The van der Waals surface area contributed by atoms with Gasteiger partial charge in [0.2, 0.25) is 11.8 Å². The second kappa shape index (κ2) is 16.6. The first-order valence-electron chi connectivity index (χ1n) is 17.4. The predicted octanol–water partition coefficient (Wildman–Crippen LogP) is 11.0. The number of benzene rings is 3. The third kappa shape index (κ3) is 8.14. The van der Waals surface area contributed by atoms with Gasteiger partial charge in [0.25, 0.3) is 0 Å². The summed E-state index contributed by atoms with van der Waals surface area (Å²) in [5.74, 6) is 1.27. The molecule has 3 aromatic carbocycles. The second-order valence-electron chi connectivity index (χ2n) is 13.6. The van der Waals surface area contributed by atoms with Gasteiger partial charge in [0, 0.05) is 67.6 Å². The molecule has 0 aliphatic rings. The van der Waals surface area contributed by atoms with Gasteiger partial charge in [-0.05, 0) is 49.3 Å². The summed E-state index contributed by atoms with van der Waals surface area (Å²) >= 11 is 0. The first kappa shape index (κ1) is 39.2. The van der Waals surface area contributed by atoms with Crippen LogP contribution in [0.1, 0.15) is 91.2 Å². The minimum atomic E-state index is -0.0731. The Morgan fingerprint density at radius 2 is 1.59 bits per heavy atom. The van der Waals surface area contributed by atoms with Crippen LogP contribution in [0.4, 0.5) is 0 Å². The molecule has 3 heterocycles. The standard InChI is InChI=1S/C29H21N4O2.C13H24O2.Ir/c1-16-32-33-28(34-16)22-10-9-20-21-11-12-31-25(27(21)35-26(20)23(22)15-30)18-13-17-7-5-6-8-19(17)24(14-18)29(2,3)4;1-5-10(6-2)12(14)9-13(15)11(7-3)8-4;/h5-12,14H,1-4H3;9-11,14H,5-8H2,1-4H3;/q-1;;/b;12-9-;. The number of carbonyl (C=O) groups excluding carboxylic acids is 1. The van der Waals surface area contributed by atoms with Crippen LogP contribution in [0, 0.1) is 36.2 Å². The maximum absolute atomic E-state index is 11.7. The molecular formula is C42H45IrN4O4-. The van der Waals surface area contributed by atoms with Crippen LogP contribution < -0.4 is 0 Å². The summed E-state index contributed by atoms with van der Waals surface area (Å²) in [6.07, 6.45) is 6.68. The van der Waals surface area contributed by atoms with Crippen LogP contribution in [0.3, 0.4) is 0 Å². The maximum atomic E-state index is 11.7. The van der Waals surface area contributed by atoms with Crippen LogP contribution in [-0.2, 0) is 30.3 Å². The van der Waals surface area contributed by atoms with E-state index in [4.69, 9.17) is 13.8 Å². The topological polar surface area (TPSA) is 126 Å². The molecule has 9 heteroatoms. The molecule has 0 unspecified atom stereocenters. The van der Waals surface area contributed by atoms with Gasteiger partial charge in [0.05, 0.1) is 11.3 Å². The van der Waals surface area contributed by atoms with Crippen LogP contribution in [0.2, 0.25) is 0 Å². The van der Waals surface area contributed by atoms with Crippen molar-refractivity contribution in [3.8, 4) is 28.8 Å². The Labute approximate surface area is 313 Å². The van der Waals surface area contributed by atoms with Gasteiger partial charge in [0.15, 0.2) is 11.4 Å². The normalized spacial score (nSPS) is 11.9. The summed E-state index contributed by atoms with van der Waals surface area (Å²) < 4.78 is 12.0. The molecule has 1 N–H and O–H groups in total. The van der Waals surface area contributed by atoms with E-state index in [9.17, 15) is 15.2 Å². The third-order valence-electron chi connectivity index (χ3n) is 9.35. The molecule has 0 aliphatic heterocycles. The van der Waals surface area contributed by atoms with E-state index in [0.717, 1.165) is 47.4 Å². The van der Waals surface area contributed by atoms with Gasteiger partial charge in [-0.1, -0.05) is 77.6 Å². The second-order valence-corrected chi connectivity index (χ2v) is 13.6. The molecule has 0 bridgehead atoms. The molecular weight excluding hydrogens is 817 g/mol. The van der Waals surface area contributed by atoms with E-state index in [1.807, 2.05) is 52.0 Å². The number of pyridine rings is 1. The molecule has 0 saturated carbocycles. The number of carbonyl (C=O) groups is 1. The average Bonchev–Trinajstić information content (AvgIpc) is 3.71. The van der Waals surface area contributed by atoms with Crippen LogP contribution in [0.15, 0.2) is 75.4 Å². The monoisotopic (exact) mass is 862 g/mol. The number of rotatable bonds is 9. The zero-order valence-corrected chi connectivity index (χ0v) is 32.9. The van der Waals surface area contributed by atoms with Crippen LogP contribution in [0.5, 0.6) is 0 Å². The Bertz CT molecular complexity index is 2230. The number of hydrogen-bond acceptors (Lipinski definition) is 8. The number of furan rings is 1. The van der Waals surface area contributed by atoms with Gasteiger partial charge >= 0.3 is 0 Å². The van der Waals surface area contributed by atoms with Crippen molar-refractivity contribution in [2.75, 3.05) is 0 Å². The number of aliphatic hydroxyl groups is 1. The molecule has 6 rings (SSSR count). The predicted molar refractivity (Wildman–Crippen MR) is 199 cm³/mol. The van der Waals surface area contributed by atoms with Crippen molar-refractivity contribution in [3.05, 3.63) is 89.6 Å². The Balaban J connectivity index is 0.000000312. The van der Waals surface area contributed by atoms with Crippen molar-refractivity contribution < 1.29 is 38.8 Å². The van der Waals surface area contributed by atoms with Crippen LogP contribution >= 0.6 is 0 Å². The molecule has 0 atom stereocenters. The summed E-state index contributed by atoms with van der Waals surface area (Å²) in [6.45, 7) is 16.4. The summed E-state index contributed by atoms with van der Waals surface area (Å²) in [5.41, 5.74) is 4.66. The molecule has 0 spiro atoms. The molecule has 0 fully saturated rings. The van der Waals surface area contributed by atoms with E-state index in [1.165, 1.54) is 17.0 Å². The number of aromatic nitrogens is 3. The van der Waals surface area contributed by atoms with E-state index >= 15 is 0 Å². The van der Waals surface area contributed by atoms with Crippen molar-refractivity contribution in [1.29, 1.82) is 5.26 Å². The molecule has 0 amide bonds. The quantitative estimate of drug-likeness (QED) is 0.0865. The van der Waals surface area contributed by atoms with Crippen molar-refractivity contribution in [3.63, 3.8) is 0 Å². The molecule has 51 heavy (non-hydrogen) atoms. The smallest absolute Gasteiger partial charge is 0.249 e. The third-order valence-corrected chi connectivity index (χ3v) is 9.35. The Morgan fingerprint density at radius 3 is 2.20 bits per heavy atom. The van der Waals surface area contributed by atoms with Crippen molar-refractivity contribution in [1.82, 2.24) is 15.2 Å². The van der Waals surface area contributed by atoms with E-state index < -0.39 is 0 Å². The van der Waals surface area contributed by atoms with E-state index in [2.05, 4.69) is 67.4 Å². The zero-order valence-electron chi connectivity index (χ0n) is 30.6. The molecule has 267 valence electrons. The fourth-order valence-corrected chi connectivity index (χ4v) is 6.41. The van der Waals surface area contributed by atoms with Gasteiger partial charge in [-0.3, -0.25) is 9.78 Å². The number of nitriles is 1. The molecule has 0 aliphatic carbocycles. The average molecular weight is 862 g/mol. The van der Waals surface area contributed by atoms with Gasteiger partial charge < -0.3 is 13.9 Å². The summed E-state index contributed by atoms with van der Waals surface area (Å²) in [4.78, 5) is 16.4. The fraction of sp³-hybridized carbons (Fsp3) is 0.357. The van der Waals surface area contributed by atoms with Gasteiger partial charge in [-0.25, -0.2) is 0 Å². The van der Waals surface area contributed by atoms with Crippen LogP contribution in [0.25, 0.3) is 55.4 Å². The summed E-state index contributed by atoms with van der Waals surface area (Å²) in [5, 5.41) is 31.7. The minimum absolute atomic E-state index is 0.